The first kappa shape index (κ1) is 33.0. The number of unbranched alkanes of at least 4 members (excludes halogenated alkanes) is 12. The molecule has 0 spiro atoms. The van der Waals surface area contributed by atoms with E-state index >= 15 is 0 Å². The molecule has 0 radical (unpaired) electrons. The van der Waals surface area contributed by atoms with Crippen LogP contribution in [0.5, 0.6) is 0 Å². The Morgan fingerprint density at radius 2 is 0.560 bits per heavy atom. The molecule has 4 heteroatoms. The van der Waals surface area contributed by atoms with Crippen molar-refractivity contribution >= 4 is 17.4 Å². The van der Waals surface area contributed by atoms with Crippen molar-refractivity contribution in [2.24, 2.45) is 0 Å². The fourth-order valence-corrected chi connectivity index (χ4v) is 2.12. The Hall–Kier alpha value is 0.412. The topological polar surface area (TPSA) is 69.2 Å². The van der Waals surface area contributed by atoms with Crippen molar-refractivity contribution in [3.63, 3.8) is 0 Å². The Bertz CT molecular complexity index is 123. The first-order valence-corrected chi connectivity index (χ1v) is 10.5. The summed E-state index contributed by atoms with van der Waals surface area (Å²) >= 11 is 0. The number of hydrogen-bond acceptors (Lipinski definition) is 3. The van der Waals surface area contributed by atoms with Gasteiger partial charge in [0.2, 0.25) is 0 Å². The number of hydrogen-bond donors (Lipinski definition) is 0. The van der Waals surface area contributed by atoms with Gasteiger partial charge in [0.05, 0.1) is 0 Å². The molecule has 0 aliphatic heterocycles. The molecular formula is C21H45AlO3. The van der Waals surface area contributed by atoms with Crippen LogP contribution < -0.4 is 15.3 Å². The molecule has 0 aliphatic rings. The molecule has 0 aromatic carbocycles. The Morgan fingerprint density at radius 3 is 0.720 bits per heavy atom. The van der Waals surface area contributed by atoms with Crippen molar-refractivity contribution in [3.05, 3.63) is 0 Å². The Balaban J connectivity index is -0.000000130. The van der Waals surface area contributed by atoms with Gasteiger partial charge in [0.15, 0.2) is 0 Å². The quantitative estimate of drug-likeness (QED) is 0.326. The summed E-state index contributed by atoms with van der Waals surface area (Å²) in [6.07, 6.45) is 17.4. The fraction of sp³-hybridized carbons (Fsp3) is 1.00. The van der Waals surface area contributed by atoms with E-state index < -0.39 is 0 Å². The van der Waals surface area contributed by atoms with E-state index in [-0.39, 0.29) is 37.2 Å². The van der Waals surface area contributed by atoms with Crippen molar-refractivity contribution in [2.75, 3.05) is 19.8 Å². The van der Waals surface area contributed by atoms with Crippen molar-refractivity contribution in [1.29, 1.82) is 0 Å². The fourth-order valence-electron chi connectivity index (χ4n) is 2.12. The zero-order valence-electron chi connectivity index (χ0n) is 17.5. The zero-order chi connectivity index (χ0) is 18.7. The van der Waals surface area contributed by atoms with Gasteiger partial charge in [0, 0.05) is 0 Å². The van der Waals surface area contributed by atoms with Gasteiger partial charge in [-0.05, 0) is 0 Å². The van der Waals surface area contributed by atoms with E-state index in [0.717, 1.165) is 38.5 Å². The van der Waals surface area contributed by atoms with Crippen molar-refractivity contribution in [1.82, 2.24) is 0 Å². The number of rotatable bonds is 15. The maximum atomic E-state index is 9.89. The molecule has 0 unspecified atom stereocenters. The Kier molecular flexibility index (Phi) is 52.2. The van der Waals surface area contributed by atoms with Crippen LogP contribution in [0.4, 0.5) is 0 Å². The molecule has 0 amide bonds. The summed E-state index contributed by atoms with van der Waals surface area (Å²) in [5.74, 6) is 0. The van der Waals surface area contributed by atoms with Crippen molar-refractivity contribution < 1.29 is 15.3 Å². The van der Waals surface area contributed by atoms with Gasteiger partial charge in [-0.1, -0.05) is 117 Å². The van der Waals surface area contributed by atoms with E-state index in [1.165, 1.54) is 57.8 Å². The minimum atomic E-state index is 0. The van der Waals surface area contributed by atoms with E-state index in [1.807, 2.05) is 0 Å². The second-order valence-electron chi connectivity index (χ2n) is 6.36. The summed E-state index contributed by atoms with van der Waals surface area (Å²) in [6.45, 7) is 6.88. The van der Waals surface area contributed by atoms with E-state index in [4.69, 9.17) is 0 Å². The maximum absolute atomic E-state index is 9.89. The van der Waals surface area contributed by atoms with Gasteiger partial charge in [-0.15, -0.1) is 19.8 Å². The van der Waals surface area contributed by atoms with Crippen LogP contribution in [0.2, 0.25) is 0 Å². The summed E-state index contributed by atoms with van der Waals surface area (Å²) in [5.41, 5.74) is 0. The molecule has 0 N–H and O–H groups in total. The van der Waals surface area contributed by atoms with Crippen LogP contribution >= 0.6 is 0 Å². The third-order valence-electron chi connectivity index (χ3n) is 3.74. The van der Waals surface area contributed by atoms with E-state index in [0.29, 0.717) is 0 Å². The van der Waals surface area contributed by atoms with Gasteiger partial charge in [0.25, 0.3) is 0 Å². The predicted molar refractivity (Wildman–Crippen MR) is 107 cm³/mol. The van der Waals surface area contributed by atoms with Crippen LogP contribution in [-0.2, 0) is 0 Å². The molecule has 0 saturated carbocycles. The van der Waals surface area contributed by atoms with Crippen molar-refractivity contribution in [3.8, 4) is 0 Å². The van der Waals surface area contributed by atoms with Gasteiger partial charge in [-0.3, -0.25) is 0 Å². The molecule has 0 aromatic heterocycles. The molecule has 25 heavy (non-hydrogen) atoms. The first-order chi connectivity index (χ1) is 11.7. The van der Waals surface area contributed by atoms with Crippen LogP contribution in [0.15, 0.2) is 0 Å². The van der Waals surface area contributed by atoms with Gasteiger partial charge in [0.1, 0.15) is 0 Å². The Labute approximate surface area is 169 Å². The largest absolute Gasteiger partial charge is 3.00 e. The molecule has 3 nitrogen and oxygen atoms in total. The molecule has 0 bridgehead atoms. The van der Waals surface area contributed by atoms with E-state index in [9.17, 15) is 15.3 Å². The minimum Gasteiger partial charge on any atom is -0.854 e. The van der Waals surface area contributed by atoms with Gasteiger partial charge >= 0.3 is 17.4 Å². The summed E-state index contributed by atoms with van der Waals surface area (Å²) in [4.78, 5) is 0. The smallest absolute Gasteiger partial charge is 0.854 e. The molecular weight excluding hydrogens is 327 g/mol. The van der Waals surface area contributed by atoms with Crippen LogP contribution in [0.25, 0.3) is 0 Å². The average molecular weight is 373 g/mol. The van der Waals surface area contributed by atoms with E-state index in [2.05, 4.69) is 20.8 Å². The molecule has 0 rings (SSSR count). The van der Waals surface area contributed by atoms with Crippen LogP contribution in [0.3, 0.4) is 0 Å². The molecule has 0 aliphatic carbocycles. The van der Waals surface area contributed by atoms with Crippen LogP contribution in [0, 0.1) is 0 Å². The molecule has 0 saturated heterocycles. The first-order valence-electron chi connectivity index (χ1n) is 10.5. The zero-order valence-corrected chi connectivity index (χ0v) is 18.7. The second-order valence-corrected chi connectivity index (χ2v) is 6.36. The third-order valence-corrected chi connectivity index (χ3v) is 3.74. The molecule has 0 aromatic rings. The molecule has 150 valence electrons. The average Bonchev–Trinajstić information content (AvgIpc) is 2.61. The predicted octanol–water partition coefficient (Wildman–Crippen LogP) is 3.57. The summed E-state index contributed by atoms with van der Waals surface area (Å²) in [6, 6.07) is 0. The van der Waals surface area contributed by atoms with E-state index in [1.54, 1.807) is 0 Å². The van der Waals surface area contributed by atoms with Crippen LogP contribution in [0.1, 0.15) is 117 Å². The standard InChI is InChI=1S/3C7H15O.Al/c3*1-2-3-4-5-6-7-8;/h3*2-7H2,1H3;/q3*-1;+3. The summed E-state index contributed by atoms with van der Waals surface area (Å²) < 4.78 is 0. The van der Waals surface area contributed by atoms with Gasteiger partial charge < -0.3 is 15.3 Å². The summed E-state index contributed by atoms with van der Waals surface area (Å²) in [5, 5.41) is 29.7. The Morgan fingerprint density at radius 1 is 0.360 bits per heavy atom. The van der Waals surface area contributed by atoms with Crippen LogP contribution in [-0.4, -0.2) is 37.2 Å². The normalized spacial score (nSPS) is 9.36. The SMILES string of the molecule is CCCCCCC[O-].CCCCCCC[O-].CCCCCCC[O-].[Al+3]. The monoisotopic (exact) mass is 372 g/mol. The van der Waals surface area contributed by atoms with Gasteiger partial charge in [-0.25, -0.2) is 0 Å². The molecule has 0 atom stereocenters. The minimum absolute atomic E-state index is 0. The molecule has 0 fully saturated rings. The van der Waals surface area contributed by atoms with Crippen molar-refractivity contribution in [2.45, 2.75) is 117 Å². The molecule has 0 heterocycles. The maximum Gasteiger partial charge on any atom is 3.00 e. The van der Waals surface area contributed by atoms with Gasteiger partial charge in [-0.2, -0.15) is 0 Å². The second kappa shape index (κ2) is 39.5. The third kappa shape index (κ3) is 51.6. The summed E-state index contributed by atoms with van der Waals surface area (Å²) in [7, 11) is 0.